The van der Waals surface area contributed by atoms with Gasteiger partial charge >= 0.3 is 5.97 Å². The molecule has 0 radical (unpaired) electrons. The van der Waals surface area contributed by atoms with Crippen LogP contribution in [0.5, 0.6) is 0 Å². The zero-order valence-corrected chi connectivity index (χ0v) is 13.7. The van der Waals surface area contributed by atoms with Gasteiger partial charge in [-0.3, -0.25) is 14.5 Å². The SMILES string of the molecule is O=C(O)CN1C(=O)/C(=C/c2ccc(-c3ccc(F)cc3)o2)SC1=S. The Morgan fingerprint density at radius 3 is 2.67 bits per heavy atom. The Hall–Kier alpha value is -2.45. The summed E-state index contributed by atoms with van der Waals surface area (Å²) in [4.78, 5) is 24.3. The molecule has 1 N–H and O–H groups in total. The normalized spacial score (nSPS) is 16.2. The zero-order valence-electron chi connectivity index (χ0n) is 12.1. The number of aliphatic carboxylic acids is 1. The van der Waals surface area contributed by atoms with Gasteiger partial charge in [0, 0.05) is 11.6 Å². The van der Waals surface area contributed by atoms with Crippen molar-refractivity contribution in [3.05, 3.63) is 52.9 Å². The summed E-state index contributed by atoms with van der Waals surface area (Å²) in [5.41, 5.74) is 0.703. The standard InChI is InChI=1S/C16H10FNO4S2/c17-10-3-1-9(2-4-10)12-6-5-11(22-12)7-13-15(21)18(8-14(19)20)16(23)24-13/h1-7H,8H2,(H,19,20)/b13-7-. The van der Waals surface area contributed by atoms with Crippen molar-refractivity contribution in [2.24, 2.45) is 0 Å². The predicted molar refractivity (Wildman–Crippen MR) is 91.6 cm³/mol. The highest BCUT2D eigenvalue weighted by Gasteiger charge is 2.33. The number of carboxylic acid groups (broad SMARTS) is 1. The van der Waals surface area contributed by atoms with Gasteiger partial charge in [-0.2, -0.15) is 0 Å². The Kier molecular flexibility index (Phi) is 4.50. The van der Waals surface area contributed by atoms with Crippen molar-refractivity contribution in [3.8, 4) is 11.3 Å². The van der Waals surface area contributed by atoms with E-state index in [1.165, 1.54) is 18.2 Å². The van der Waals surface area contributed by atoms with Gasteiger partial charge in [-0.05, 0) is 36.4 Å². The van der Waals surface area contributed by atoms with E-state index in [1.54, 1.807) is 24.3 Å². The van der Waals surface area contributed by atoms with Crippen LogP contribution in [0.2, 0.25) is 0 Å². The van der Waals surface area contributed by atoms with Crippen molar-refractivity contribution in [1.29, 1.82) is 0 Å². The van der Waals surface area contributed by atoms with Crippen LogP contribution in [0.15, 0.2) is 45.7 Å². The van der Waals surface area contributed by atoms with Gasteiger partial charge in [0.2, 0.25) is 0 Å². The summed E-state index contributed by atoms with van der Waals surface area (Å²) >= 11 is 6.04. The third-order valence-electron chi connectivity index (χ3n) is 3.20. The monoisotopic (exact) mass is 363 g/mol. The summed E-state index contributed by atoms with van der Waals surface area (Å²) in [6.07, 6.45) is 1.51. The number of benzene rings is 1. The van der Waals surface area contributed by atoms with Crippen molar-refractivity contribution in [2.45, 2.75) is 0 Å². The maximum atomic E-state index is 12.9. The molecule has 1 aromatic heterocycles. The van der Waals surface area contributed by atoms with Gasteiger partial charge in [0.15, 0.2) is 0 Å². The molecule has 0 aliphatic carbocycles. The fraction of sp³-hybridized carbons (Fsp3) is 0.0625. The van der Waals surface area contributed by atoms with Gasteiger partial charge in [-0.25, -0.2) is 4.39 Å². The average molecular weight is 363 g/mol. The molecule has 1 fully saturated rings. The van der Waals surface area contributed by atoms with E-state index in [2.05, 4.69) is 0 Å². The lowest BCUT2D eigenvalue weighted by molar-refractivity contribution is -0.140. The molecule has 2 aromatic rings. The molecule has 3 rings (SSSR count). The largest absolute Gasteiger partial charge is 0.480 e. The Balaban J connectivity index is 1.82. The first kappa shape index (κ1) is 16.4. The first-order valence-corrected chi connectivity index (χ1v) is 7.99. The van der Waals surface area contributed by atoms with E-state index < -0.39 is 18.4 Å². The molecular weight excluding hydrogens is 353 g/mol. The van der Waals surface area contributed by atoms with Crippen molar-refractivity contribution < 1.29 is 23.5 Å². The lowest BCUT2D eigenvalue weighted by Gasteiger charge is -2.09. The number of halogens is 1. The second kappa shape index (κ2) is 6.58. The fourth-order valence-corrected chi connectivity index (χ4v) is 3.34. The summed E-state index contributed by atoms with van der Waals surface area (Å²) in [5.74, 6) is -0.990. The molecule has 0 bridgehead atoms. The number of nitrogens with zero attached hydrogens (tertiary/aromatic N) is 1. The highest BCUT2D eigenvalue weighted by molar-refractivity contribution is 8.26. The minimum Gasteiger partial charge on any atom is -0.480 e. The Morgan fingerprint density at radius 2 is 2.00 bits per heavy atom. The molecule has 1 aliphatic rings. The van der Waals surface area contributed by atoms with Gasteiger partial charge in [0.25, 0.3) is 5.91 Å². The Labute approximate surface area is 145 Å². The lowest BCUT2D eigenvalue weighted by Crippen LogP contribution is -2.33. The Morgan fingerprint density at radius 1 is 1.29 bits per heavy atom. The molecule has 1 amide bonds. The minimum absolute atomic E-state index is 0.193. The molecule has 24 heavy (non-hydrogen) atoms. The van der Waals surface area contributed by atoms with Gasteiger partial charge < -0.3 is 9.52 Å². The first-order valence-electron chi connectivity index (χ1n) is 6.77. The summed E-state index contributed by atoms with van der Waals surface area (Å²) in [5, 5.41) is 8.81. The highest BCUT2D eigenvalue weighted by atomic mass is 32.2. The van der Waals surface area contributed by atoms with Gasteiger partial charge in [0.1, 0.15) is 28.2 Å². The zero-order chi connectivity index (χ0) is 17.3. The van der Waals surface area contributed by atoms with Crippen LogP contribution >= 0.6 is 24.0 Å². The van der Waals surface area contributed by atoms with Crippen molar-refractivity contribution in [2.75, 3.05) is 6.54 Å². The van der Waals surface area contributed by atoms with Crippen LogP contribution in [0, 0.1) is 5.82 Å². The number of hydrogen-bond donors (Lipinski definition) is 1. The molecular formula is C16H10FNO4S2. The molecule has 1 aliphatic heterocycles. The van der Waals surface area contributed by atoms with E-state index >= 15 is 0 Å². The number of furan rings is 1. The molecule has 0 unspecified atom stereocenters. The summed E-state index contributed by atoms with van der Waals surface area (Å²) in [6.45, 7) is -0.471. The fourth-order valence-electron chi connectivity index (χ4n) is 2.10. The lowest BCUT2D eigenvalue weighted by atomic mass is 10.2. The molecule has 8 heteroatoms. The van der Waals surface area contributed by atoms with E-state index in [-0.39, 0.29) is 10.1 Å². The molecule has 5 nitrogen and oxygen atoms in total. The van der Waals surface area contributed by atoms with Crippen LogP contribution in [0.1, 0.15) is 5.76 Å². The molecule has 1 aromatic carbocycles. The van der Waals surface area contributed by atoms with E-state index in [0.29, 0.717) is 22.0 Å². The quantitative estimate of drug-likeness (QED) is 0.663. The van der Waals surface area contributed by atoms with E-state index in [9.17, 15) is 14.0 Å². The maximum absolute atomic E-state index is 12.9. The smallest absolute Gasteiger partial charge is 0.323 e. The third-order valence-corrected chi connectivity index (χ3v) is 4.57. The van der Waals surface area contributed by atoms with Crippen LogP contribution in [0.25, 0.3) is 17.4 Å². The van der Waals surface area contributed by atoms with Crippen LogP contribution < -0.4 is 0 Å². The van der Waals surface area contributed by atoms with Gasteiger partial charge in [-0.1, -0.05) is 24.0 Å². The number of carboxylic acids is 1. The van der Waals surface area contributed by atoms with E-state index in [1.807, 2.05) is 0 Å². The van der Waals surface area contributed by atoms with Crippen LogP contribution in [0.4, 0.5) is 4.39 Å². The predicted octanol–water partition coefficient (Wildman–Crippen LogP) is 3.37. The first-order chi connectivity index (χ1) is 11.4. The summed E-state index contributed by atoms with van der Waals surface area (Å²) < 4.78 is 18.8. The number of amides is 1. The van der Waals surface area contributed by atoms with E-state index in [4.69, 9.17) is 21.7 Å². The van der Waals surface area contributed by atoms with E-state index in [0.717, 1.165) is 16.7 Å². The summed E-state index contributed by atoms with van der Waals surface area (Å²) in [7, 11) is 0. The second-order valence-electron chi connectivity index (χ2n) is 4.87. The van der Waals surface area contributed by atoms with Crippen molar-refractivity contribution >= 4 is 46.3 Å². The number of thioether (sulfide) groups is 1. The van der Waals surface area contributed by atoms with Crippen molar-refractivity contribution in [1.82, 2.24) is 4.90 Å². The molecule has 122 valence electrons. The van der Waals surface area contributed by atoms with Crippen LogP contribution in [-0.4, -0.2) is 32.7 Å². The molecule has 1 saturated heterocycles. The van der Waals surface area contributed by atoms with Crippen LogP contribution in [0.3, 0.4) is 0 Å². The number of carbonyl (C=O) groups is 2. The van der Waals surface area contributed by atoms with Crippen molar-refractivity contribution in [3.63, 3.8) is 0 Å². The van der Waals surface area contributed by atoms with Crippen LogP contribution in [-0.2, 0) is 9.59 Å². The second-order valence-corrected chi connectivity index (χ2v) is 6.55. The highest BCUT2D eigenvalue weighted by Crippen LogP contribution is 2.33. The van der Waals surface area contributed by atoms with Gasteiger partial charge in [0.05, 0.1) is 4.91 Å². The molecule has 0 saturated carbocycles. The van der Waals surface area contributed by atoms with Gasteiger partial charge in [-0.15, -0.1) is 0 Å². The third kappa shape index (κ3) is 3.39. The molecule has 0 spiro atoms. The number of hydrogen-bond acceptors (Lipinski definition) is 5. The number of thiocarbonyl (C=S) groups is 1. The number of rotatable bonds is 4. The maximum Gasteiger partial charge on any atom is 0.323 e. The Bertz CT molecular complexity index is 857. The molecule has 0 atom stereocenters. The summed E-state index contributed by atoms with van der Waals surface area (Å²) in [6, 6.07) is 9.21. The number of carbonyl (C=O) groups excluding carboxylic acids is 1. The topological polar surface area (TPSA) is 70.8 Å². The minimum atomic E-state index is -1.14. The average Bonchev–Trinajstić information content (AvgIpc) is 3.09. The molecule has 2 heterocycles.